The molecule has 0 spiro atoms. The number of fused-ring (bicyclic) bond motifs is 1. The first-order valence-corrected chi connectivity index (χ1v) is 5.84. The molecule has 0 bridgehead atoms. The molecule has 0 fully saturated rings. The fourth-order valence-electron chi connectivity index (χ4n) is 1.94. The first-order valence-electron chi connectivity index (χ1n) is 5.84. The van der Waals surface area contributed by atoms with Crippen molar-refractivity contribution in [3.05, 3.63) is 63.1 Å². The summed E-state index contributed by atoms with van der Waals surface area (Å²) in [6.45, 7) is 1.89. The quantitative estimate of drug-likeness (QED) is 0.476. The molecule has 0 saturated heterocycles. The molecule has 0 N–H and O–H groups in total. The van der Waals surface area contributed by atoms with Crippen LogP contribution in [0.5, 0.6) is 5.75 Å². The van der Waals surface area contributed by atoms with Gasteiger partial charge in [-0.3, -0.25) is 14.9 Å². The van der Waals surface area contributed by atoms with Crippen LogP contribution in [-0.4, -0.2) is 10.7 Å². The lowest BCUT2D eigenvalue weighted by Crippen LogP contribution is -1.97. The predicted octanol–water partition coefficient (Wildman–Crippen LogP) is 3.11. The zero-order valence-corrected chi connectivity index (χ0v) is 10.5. The van der Waals surface area contributed by atoms with Crippen molar-refractivity contribution in [3.63, 3.8) is 0 Å². The van der Waals surface area contributed by atoms with Crippen LogP contribution in [0, 0.1) is 17.0 Å². The summed E-state index contributed by atoms with van der Waals surface area (Å²) >= 11 is 0. The minimum atomic E-state index is -0.641. The molecule has 2 aromatic rings. The van der Waals surface area contributed by atoms with E-state index in [1.165, 1.54) is 18.2 Å². The second kappa shape index (κ2) is 4.34. The van der Waals surface area contributed by atoms with Crippen LogP contribution < -0.4 is 4.74 Å². The normalized spacial score (nSPS) is 15.2. The monoisotopic (exact) mass is 271 g/mol. The number of carbonyl (C=O) groups excluding carboxylic acids is 1. The lowest BCUT2D eigenvalue weighted by atomic mass is 10.1. The van der Waals surface area contributed by atoms with E-state index in [-0.39, 0.29) is 23.2 Å². The zero-order valence-electron chi connectivity index (χ0n) is 10.5. The number of Topliss-reactive ketones (excluding diaryl/α,β-unsaturated/α-hetero) is 1. The molecule has 0 saturated carbocycles. The number of nitro groups is 1. The number of ketones is 1. The largest absolute Gasteiger partial charge is 0.452 e. The Morgan fingerprint density at radius 3 is 2.75 bits per heavy atom. The maximum Gasteiger partial charge on any atom is 0.433 e. The molecule has 1 aliphatic rings. The highest BCUT2D eigenvalue weighted by Gasteiger charge is 2.27. The number of hydrogen-bond donors (Lipinski definition) is 0. The van der Waals surface area contributed by atoms with Gasteiger partial charge in [0.15, 0.2) is 5.76 Å². The van der Waals surface area contributed by atoms with Gasteiger partial charge in [-0.05, 0) is 30.7 Å². The molecule has 1 aromatic heterocycles. The van der Waals surface area contributed by atoms with Gasteiger partial charge in [0.05, 0.1) is 11.6 Å². The van der Waals surface area contributed by atoms with Crippen molar-refractivity contribution < 1.29 is 18.9 Å². The lowest BCUT2D eigenvalue weighted by molar-refractivity contribution is -0.402. The molecule has 1 aliphatic heterocycles. The molecule has 6 nitrogen and oxygen atoms in total. The number of aryl methyl sites for hydroxylation is 1. The standard InChI is InChI=1S/C14H9NO5/c1-8-2-4-10-11(6-8)20-12(14(10)16)7-9-3-5-13(19-9)15(17)18/h2-7H,1H3/b12-7-. The van der Waals surface area contributed by atoms with Gasteiger partial charge in [-0.15, -0.1) is 0 Å². The molecule has 0 amide bonds. The number of furan rings is 1. The van der Waals surface area contributed by atoms with Gasteiger partial charge in [0, 0.05) is 6.08 Å². The van der Waals surface area contributed by atoms with E-state index in [4.69, 9.17) is 9.15 Å². The summed E-state index contributed by atoms with van der Waals surface area (Å²) in [7, 11) is 0. The lowest BCUT2D eigenvalue weighted by Gasteiger charge is -1.97. The van der Waals surface area contributed by atoms with Crippen LogP contribution in [0.2, 0.25) is 0 Å². The molecule has 100 valence electrons. The molecule has 2 heterocycles. The van der Waals surface area contributed by atoms with Crippen molar-refractivity contribution in [2.45, 2.75) is 6.92 Å². The second-order valence-corrected chi connectivity index (χ2v) is 4.37. The van der Waals surface area contributed by atoms with E-state index in [2.05, 4.69) is 0 Å². The summed E-state index contributed by atoms with van der Waals surface area (Å²) in [6.07, 6.45) is 1.35. The fourth-order valence-corrected chi connectivity index (χ4v) is 1.94. The summed E-state index contributed by atoms with van der Waals surface area (Å²) in [6, 6.07) is 7.91. The van der Waals surface area contributed by atoms with E-state index in [1.807, 2.05) is 13.0 Å². The number of ether oxygens (including phenoxy) is 1. The molecule has 0 radical (unpaired) electrons. The average molecular weight is 271 g/mol. The Labute approximate surface area is 113 Å². The van der Waals surface area contributed by atoms with Crippen LogP contribution in [0.4, 0.5) is 5.88 Å². The van der Waals surface area contributed by atoms with Crippen molar-refractivity contribution in [1.82, 2.24) is 0 Å². The fraction of sp³-hybridized carbons (Fsp3) is 0.0714. The summed E-state index contributed by atoms with van der Waals surface area (Å²) in [5.41, 5.74) is 1.45. The van der Waals surface area contributed by atoms with E-state index < -0.39 is 4.92 Å². The minimum Gasteiger partial charge on any atom is -0.452 e. The second-order valence-electron chi connectivity index (χ2n) is 4.37. The van der Waals surface area contributed by atoms with Crippen LogP contribution in [0.3, 0.4) is 0 Å². The Morgan fingerprint density at radius 1 is 1.25 bits per heavy atom. The van der Waals surface area contributed by atoms with Gasteiger partial charge in [-0.2, -0.15) is 0 Å². The molecule has 20 heavy (non-hydrogen) atoms. The number of carbonyl (C=O) groups is 1. The number of rotatable bonds is 2. The zero-order chi connectivity index (χ0) is 14.3. The highest BCUT2D eigenvalue weighted by Crippen LogP contribution is 2.33. The smallest absolute Gasteiger partial charge is 0.433 e. The van der Waals surface area contributed by atoms with Gasteiger partial charge in [0.25, 0.3) is 0 Å². The van der Waals surface area contributed by atoms with Gasteiger partial charge in [0.2, 0.25) is 5.78 Å². The Hall–Kier alpha value is -2.89. The van der Waals surface area contributed by atoms with Crippen LogP contribution in [-0.2, 0) is 0 Å². The van der Waals surface area contributed by atoms with Crippen LogP contribution in [0.15, 0.2) is 40.5 Å². The van der Waals surface area contributed by atoms with Gasteiger partial charge in [0.1, 0.15) is 16.4 Å². The summed E-state index contributed by atoms with van der Waals surface area (Å²) in [4.78, 5) is 22.0. The molecular formula is C14H9NO5. The highest BCUT2D eigenvalue weighted by atomic mass is 16.6. The SMILES string of the molecule is Cc1ccc2c(c1)O/C(=C\c1ccc([N+](=O)[O-])o1)C2=O. The van der Waals surface area contributed by atoms with Gasteiger partial charge in [-0.25, -0.2) is 0 Å². The minimum absolute atomic E-state index is 0.0925. The molecule has 0 unspecified atom stereocenters. The molecular weight excluding hydrogens is 262 g/mol. The summed E-state index contributed by atoms with van der Waals surface area (Å²) < 4.78 is 10.4. The number of benzene rings is 1. The van der Waals surface area contributed by atoms with E-state index in [0.29, 0.717) is 11.3 Å². The van der Waals surface area contributed by atoms with Crippen molar-refractivity contribution in [2.75, 3.05) is 0 Å². The predicted molar refractivity (Wildman–Crippen MR) is 69.5 cm³/mol. The summed E-state index contributed by atoms with van der Waals surface area (Å²) in [5, 5.41) is 10.5. The van der Waals surface area contributed by atoms with Crippen LogP contribution >= 0.6 is 0 Å². The Balaban J connectivity index is 1.94. The Morgan fingerprint density at radius 2 is 2.05 bits per heavy atom. The third kappa shape index (κ3) is 1.97. The topological polar surface area (TPSA) is 82.6 Å². The van der Waals surface area contributed by atoms with E-state index in [9.17, 15) is 14.9 Å². The Kier molecular flexibility index (Phi) is 2.64. The van der Waals surface area contributed by atoms with E-state index in [0.717, 1.165) is 5.56 Å². The van der Waals surface area contributed by atoms with E-state index in [1.54, 1.807) is 12.1 Å². The maximum absolute atomic E-state index is 12.1. The number of hydrogen-bond acceptors (Lipinski definition) is 5. The van der Waals surface area contributed by atoms with Gasteiger partial charge in [-0.1, -0.05) is 6.07 Å². The molecule has 6 heteroatoms. The Bertz CT molecular complexity index is 757. The van der Waals surface area contributed by atoms with Crippen molar-refractivity contribution >= 4 is 17.7 Å². The average Bonchev–Trinajstić information content (AvgIpc) is 2.96. The third-order valence-corrected chi connectivity index (χ3v) is 2.89. The van der Waals surface area contributed by atoms with Crippen LogP contribution in [0.1, 0.15) is 21.7 Å². The van der Waals surface area contributed by atoms with Crippen molar-refractivity contribution in [1.29, 1.82) is 0 Å². The van der Waals surface area contributed by atoms with Crippen LogP contribution in [0.25, 0.3) is 6.08 Å². The number of nitrogens with zero attached hydrogens (tertiary/aromatic N) is 1. The maximum atomic E-state index is 12.1. The first kappa shape index (κ1) is 12.2. The third-order valence-electron chi connectivity index (χ3n) is 2.89. The van der Waals surface area contributed by atoms with Crippen molar-refractivity contribution in [3.8, 4) is 5.75 Å². The molecule has 0 atom stereocenters. The molecule has 3 rings (SSSR count). The van der Waals surface area contributed by atoms with E-state index >= 15 is 0 Å². The first-order chi connectivity index (χ1) is 9.54. The van der Waals surface area contributed by atoms with Crippen molar-refractivity contribution in [2.24, 2.45) is 0 Å². The van der Waals surface area contributed by atoms with Gasteiger partial charge < -0.3 is 9.15 Å². The molecule has 0 aliphatic carbocycles. The molecule has 1 aromatic carbocycles. The summed E-state index contributed by atoms with van der Waals surface area (Å²) in [5.74, 6) is 0.136. The number of allylic oxidation sites excluding steroid dienone is 1. The van der Waals surface area contributed by atoms with Gasteiger partial charge >= 0.3 is 5.88 Å². The highest BCUT2D eigenvalue weighted by molar-refractivity contribution is 6.14.